The smallest absolute Gasteiger partial charge is 0.220 e. The number of halogens is 1. The molecule has 1 N–H and O–H groups in total. The predicted octanol–water partition coefficient (Wildman–Crippen LogP) is 2.58. The molecule has 0 spiro atoms. The Morgan fingerprint density at radius 3 is 2.65 bits per heavy atom. The van der Waals surface area contributed by atoms with Crippen molar-refractivity contribution >= 4 is 23.3 Å². The van der Waals surface area contributed by atoms with Crippen molar-refractivity contribution in [2.75, 3.05) is 0 Å². The predicted molar refractivity (Wildman–Crippen MR) is 66.2 cm³/mol. The van der Waals surface area contributed by atoms with Crippen molar-refractivity contribution in [1.82, 2.24) is 5.32 Å². The summed E-state index contributed by atoms with van der Waals surface area (Å²) in [5.41, 5.74) is 0.599. The van der Waals surface area contributed by atoms with Crippen molar-refractivity contribution in [2.45, 2.75) is 31.7 Å². The molecule has 0 radical (unpaired) electrons. The third-order valence-corrected chi connectivity index (χ3v) is 3.18. The molecule has 1 atom stereocenters. The Labute approximate surface area is 105 Å². The monoisotopic (exact) mass is 251 g/mol. The van der Waals surface area contributed by atoms with E-state index >= 15 is 0 Å². The van der Waals surface area contributed by atoms with Gasteiger partial charge in [-0.25, -0.2) is 0 Å². The van der Waals surface area contributed by atoms with Gasteiger partial charge in [-0.1, -0.05) is 18.0 Å². The fraction of sp³-hybridized carbons (Fsp3) is 0.385. The first-order valence-corrected chi connectivity index (χ1v) is 6.14. The van der Waals surface area contributed by atoms with Gasteiger partial charge in [-0.15, -0.1) is 0 Å². The number of carbonyl (C=O) groups is 2. The maximum absolute atomic E-state index is 12.2. The van der Waals surface area contributed by atoms with Gasteiger partial charge in [0.1, 0.15) is 0 Å². The lowest BCUT2D eigenvalue weighted by atomic mass is 10.0. The summed E-state index contributed by atoms with van der Waals surface area (Å²) in [6, 6.07) is 6.38. The van der Waals surface area contributed by atoms with Crippen molar-refractivity contribution in [2.24, 2.45) is 0 Å². The van der Waals surface area contributed by atoms with Crippen molar-refractivity contribution in [1.29, 1.82) is 0 Å². The number of hydrogen-bond acceptors (Lipinski definition) is 2. The molecule has 1 heterocycles. The van der Waals surface area contributed by atoms with Gasteiger partial charge in [0.25, 0.3) is 0 Å². The van der Waals surface area contributed by atoms with Gasteiger partial charge in [0.15, 0.2) is 5.78 Å². The second kappa shape index (κ2) is 5.32. The van der Waals surface area contributed by atoms with Crippen LogP contribution in [0.15, 0.2) is 24.3 Å². The number of hydrogen-bond donors (Lipinski definition) is 1. The van der Waals surface area contributed by atoms with Gasteiger partial charge in [-0.2, -0.15) is 0 Å². The molecule has 0 aliphatic carbocycles. The van der Waals surface area contributed by atoms with Crippen molar-refractivity contribution in [3.63, 3.8) is 0 Å². The third kappa shape index (κ3) is 3.07. The fourth-order valence-electron chi connectivity index (χ4n) is 1.98. The zero-order valence-electron chi connectivity index (χ0n) is 9.41. The van der Waals surface area contributed by atoms with Crippen molar-refractivity contribution in [3.8, 4) is 0 Å². The molecule has 1 fully saturated rings. The van der Waals surface area contributed by atoms with Crippen LogP contribution in [0.25, 0.3) is 0 Å². The molecule has 0 saturated carbocycles. The molecule has 1 aromatic rings. The highest BCUT2D eigenvalue weighted by atomic mass is 35.5. The Bertz CT molecular complexity index is 428. The minimum absolute atomic E-state index is 0.0306. The van der Waals surface area contributed by atoms with E-state index in [0.29, 0.717) is 23.4 Å². The van der Waals surface area contributed by atoms with Gasteiger partial charge >= 0.3 is 0 Å². The molecule has 1 aliphatic heterocycles. The number of benzene rings is 1. The highest BCUT2D eigenvalue weighted by Gasteiger charge is 2.23. The summed E-state index contributed by atoms with van der Waals surface area (Å²) in [4.78, 5) is 23.6. The molecule has 90 valence electrons. The van der Waals surface area contributed by atoms with E-state index in [2.05, 4.69) is 5.32 Å². The molecular weight excluding hydrogens is 238 g/mol. The summed E-state index contributed by atoms with van der Waals surface area (Å²) in [6.45, 7) is 0. The summed E-state index contributed by atoms with van der Waals surface area (Å²) >= 11 is 5.77. The maximum atomic E-state index is 12.2. The Morgan fingerprint density at radius 1 is 1.24 bits per heavy atom. The highest BCUT2D eigenvalue weighted by Crippen LogP contribution is 2.16. The van der Waals surface area contributed by atoms with Crippen LogP contribution in [0, 0.1) is 0 Å². The molecule has 1 amide bonds. The minimum Gasteiger partial charge on any atom is -0.346 e. The molecule has 2 rings (SSSR count). The van der Waals surface area contributed by atoms with Crippen LogP contribution in [0.5, 0.6) is 0 Å². The third-order valence-electron chi connectivity index (χ3n) is 2.93. The number of rotatable bonds is 2. The van der Waals surface area contributed by atoms with Gasteiger partial charge in [0.05, 0.1) is 6.04 Å². The Morgan fingerprint density at radius 2 is 1.94 bits per heavy atom. The van der Waals surface area contributed by atoms with E-state index in [-0.39, 0.29) is 17.7 Å². The standard InChI is InChI=1S/C13H14ClNO2/c14-10-7-5-9(6-8-10)13(17)11-3-1-2-4-12(16)15-11/h5-8,11H,1-4H2,(H,15,16). The van der Waals surface area contributed by atoms with Gasteiger partial charge in [0, 0.05) is 17.0 Å². The van der Waals surface area contributed by atoms with Crippen LogP contribution in [0.4, 0.5) is 0 Å². The molecule has 1 saturated heterocycles. The number of Topliss-reactive ketones (excluding diaryl/α,β-unsaturated/α-hetero) is 1. The molecule has 1 unspecified atom stereocenters. The lowest BCUT2D eigenvalue weighted by Crippen LogP contribution is -2.39. The minimum atomic E-state index is -0.383. The Hall–Kier alpha value is -1.35. The van der Waals surface area contributed by atoms with Crippen LogP contribution in [0.1, 0.15) is 36.0 Å². The number of ketones is 1. The fourth-order valence-corrected chi connectivity index (χ4v) is 2.11. The normalized spacial score (nSPS) is 20.5. The van der Waals surface area contributed by atoms with Gasteiger partial charge in [0.2, 0.25) is 5.91 Å². The van der Waals surface area contributed by atoms with Crippen LogP contribution in [0.2, 0.25) is 5.02 Å². The van der Waals surface area contributed by atoms with E-state index in [1.807, 2.05) is 0 Å². The number of carbonyl (C=O) groups excluding carboxylic acids is 2. The van der Waals surface area contributed by atoms with E-state index < -0.39 is 0 Å². The quantitative estimate of drug-likeness (QED) is 0.822. The highest BCUT2D eigenvalue weighted by molar-refractivity contribution is 6.30. The molecule has 1 aliphatic rings. The molecule has 17 heavy (non-hydrogen) atoms. The van der Waals surface area contributed by atoms with Gasteiger partial charge in [-0.3, -0.25) is 9.59 Å². The number of amides is 1. The maximum Gasteiger partial charge on any atom is 0.220 e. The first-order valence-electron chi connectivity index (χ1n) is 5.76. The molecule has 1 aromatic carbocycles. The molecule has 0 bridgehead atoms. The zero-order valence-corrected chi connectivity index (χ0v) is 10.2. The van der Waals surface area contributed by atoms with Gasteiger partial charge in [-0.05, 0) is 37.1 Å². The molecular formula is C13H14ClNO2. The van der Waals surface area contributed by atoms with E-state index in [1.54, 1.807) is 24.3 Å². The van der Waals surface area contributed by atoms with Crippen LogP contribution >= 0.6 is 11.6 Å². The molecule has 3 nitrogen and oxygen atoms in total. The van der Waals surface area contributed by atoms with Crippen LogP contribution in [-0.4, -0.2) is 17.7 Å². The topological polar surface area (TPSA) is 46.2 Å². The first kappa shape index (κ1) is 12.1. The lowest BCUT2D eigenvalue weighted by molar-refractivity contribution is -0.121. The average Bonchev–Trinajstić information content (AvgIpc) is 2.54. The van der Waals surface area contributed by atoms with Crippen molar-refractivity contribution < 1.29 is 9.59 Å². The zero-order chi connectivity index (χ0) is 12.3. The Kier molecular flexibility index (Phi) is 3.79. The summed E-state index contributed by atoms with van der Waals surface area (Å²) in [7, 11) is 0. The Balaban J connectivity index is 2.13. The second-order valence-electron chi connectivity index (χ2n) is 4.24. The molecule has 4 heteroatoms. The summed E-state index contributed by atoms with van der Waals surface area (Å²) in [5, 5.41) is 3.37. The summed E-state index contributed by atoms with van der Waals surface area (Å²) in [5.74, 6) is -0.0632. The average molecular weight is 252 g/mol. The first-order chi connectivity index (χ1) is 8.16. The van der Waals surface area contributed by atoms with E-state index in [1.165, 1.54) is 0 Å². The SMILES string of the molecule is O=C1CCCCC(C(=O)c2ccc(Cl)cc2)N1. The van der Waals surface area contributed by atoms with E-state index in [0.717, 1.165) is 12.8 Å². The van der Waals surface area contributed by atoms with Crippen LogP contribution < -0.4 is 5.32 Å². The van der Waals surface area contributed by atoms with Crippen molar-refractivity contribution in [3.05, 3.63) is 34.9 Å². The van der Waals surface area contributed by atoms with Gasteiger partial charge < -0.3 is 5.32 Å². The van der Waals surface area contributed by atoms with Crippen LogP contribution in [0.3, 0.4) is 0 Å². The lowest BCUT2D eigenvalue weighted by Gasteiger charge is -2.14. The second-order valence-corrected chi connectivity index (χ2v) is 4.67. The summed E-state index contributed by atoms with van der Waals surface area (Å²) in [6.07, 6.45) is 3.00. The van der Waals surface area contributed by atoms with Crippen LogP contribution in [-0.2, 0) is 4.79 Å². The largest absolute Gasteiger partial charge is 0.346 e. The summed E-state index contributed by atoms with van der Waals surface area (Å²) < 4.78 is 0. The van der Waals surface area contributed by atoms with E-state index in [4.69, 9.17) is 11.6 Å². The number of nitrogens with one attached hydrogen (secondary N) is 1. The molecule has 0 aromatic heterocycles. The van der Waals surface area contributed by atoms with E-state index in [9.17, 15) is 9.59 Å².